The fraction of sp³-hybridized carbons (Fsp3) is 0.538. The number of hydrogen-bond donors (Lipinski definition) is 1. The highest BCUT2D eigenvalue weighted by atomic mass is 127. The standard InChI is InChI=1S/C13H19IN2/c1-10-3-2-7-16(8-6-10)13-5-4-11(15)9-12(13)14/h4-5,9-10H,2-3,6-8,15H2,1H3. The van der Waals surface area contributed by atoms with Crippen LogP contribution < -0.4 is 10.6 Å². The van der Waals surface area contributed by atoms with Crippen LogP contribution in [-0.4, -0.2) is 13.1 Å². The number of halogens is 1. The largest absolute Gasteiger partial charge is 0.399 e. The van der Waals surface area contributed by atoms with Gasteiger partial charge in [0, 0.05) is 22.3 Å². The second-order valence-corrected chi connectivity index (χ2v) is 5.90. The van der Waals surface area contributed by atoms with E-state index in [9.17, 15) is 0 Å². The van der Waals surface area contributed by atoms with E-state index in [0.29, 0.717) is 0 Å². The van der Waals surface area contributed by atoms with Crippen molar-refractivity contribution in [2.24, 2.45) is 5.92 Å². The van der Waals surface area contributed by atoms with Crippen molar-refractivity contribution in [2.75, 3.05) is 23.7 Å². The third-order valence-electron chi connectivity index (χ3n) is 3.33. The highest BCUT2D eigenvalue weighted by molar-refractivity contribution is 14.1. The Labute approximate surface area is 111 Å². The highest BCUT2D eigenvalue weighted by Crippen LogP contribution is 2.28. The Morgan fingerprint density at radius 1 is 1.31 bits per heavy atom. The third kappa shape index (κ3) is 2.81. The van der Waals surface area contributed by atoms with Gasteiger partial charge in [-0.1, -0.05) is 6.92 Å². The van der Waals surface area contributed by atoms with E-state index >= 15 is 0 Å². The van der Waals surface area contributed by atoms with Crippen LogP contribution >= 0.6 is 22.6 Å². The summed E-state index contributed by atoms with van der Waals surface area (Å²) in [6, 6.07) is 6.23. The van der Waals surface area contributed by atoms with Crippen LogP contribution in [0.1, 0.15) is 26.2 Å². The molecule has 0 bridgehead atoms. The molecule has 3 heteroatoms. The molecule has 1 unspecified atom stereocenters. The van der Waals surface area contributed by atoms with E-state index in [1.54, 1.807) is 0 Å². The van der Waals surface area contributed by atoms with Gasteiger partial charge in [-0.05, 0) is 66.0 Å². The number of anilines is 2. The first kappa shape index (κ1) is 12.0. The molecular formula is C13H19IN2. The molecule has 0 saturated carbocycles. The van der Waals surface area contributed by atoms with Gasteiger partial charge in [-0.15, -0.1) is 0 Å². The van der Waals surface area contributed by atoms with E-state index in [-0.39, 0.29) is 0 Å². The molecule has 1 aliphatic heterocycles. The molecule has 88 valence electrons. The molecule has 1 aromatic carbocycles. The zero-order valence-electron chi connectivity index (χ0n) is 9.75. The molecule has 1 fully saturated rings. The number of nitrogens with zero attached hydrogens (tertiary/aromatic N) is 1. The van der Waals surface area contributed by atoms with Gasteiger partial charge in [0.2, 0.25) is 0 Å². The summed E-state index contributed by atoms with van der Waals surface area (Å²) in [5, 5.41) is 0. The number of benzene rings is 1. The molecule has 1 aliphatic rings. The van der Waals surface area contributed by atoms with Crippen molar-refractivity contribution in [1.29, 1.82) is 0 Å². The van der Waals surface area contributed by atoms with E-state index in [1.165, 1.54) is 41.6 Å². The van der Waals surface area contributed by atoms with Crippen LogP contribution in [-0.2, 0) is 0 Å². The van der Waals surface area contributed by atoms with Gasteiger partial charge in [-0.3, -0.25) is 0 Å². The first-order valence-corrected chi connectivity index (χ1v) is 7.04. The zero-order valence-corrected chi connectivity index (χ0v) is 11.9. The van der Waals surface area contributed by atoms with Crippen molar-refractivity contribution in [3.63, 3.8) is 0 Å². The van der Waals surface area contributed by atoms with Gasteiger partial charge in [-0.25, -0.2) is 0 Å². The van der Waals surface area contributed by atoms with Crippen LogP contribution in [0.3, 0.4) is 0 Å². The maximum absolute atomic E-state index is 5.79. The number of rotatable bonds is 1. The minimum atomic E-state index is 0.858. The lowest BCUT2D eigenvalue weighted by molar-refractivity contribution is 0.521. The molecule has 2 nitrogen and oxygen atoms in total. The van der Waals surface area contributed by atoms with Gasteiger partial charge < -0.3 is 10.6 Å². The third-order valence-corrected chi connectivity index (χ3v) is 4.19. The van der Waals surface area contributed by atoms with E-state index < -0.39 is 0 Å². The molecule has 0 radical (unpaired) electrons. The van der Waals surface area contributed by atoms with Crippen LogP contribution in [0.25, 0.3) is 0 Å². The molecule has 0 amide bonds. The number of hydrogen-bond acceptors (Lipinski definition) is 2. The second-order valence-electron chi connectivity index (χ2n) is 4.73. The SMILES string of the molecule is CC1CCCN(c2ccc(N)cc2I)CC1. The Bertz CT molecular complexity index is 365. The Morgan fingerprint density at radius 3 is 2.88 bits per heavy atom. The summed E-state index contributed by atoms with van der Waals surface area (Å²) in [4.78, 5) is 2.50. The van der Waals surface area contributed by atoms with Crippen LogP contribution in [0.15, 0.2) is 18.2 Å². The maximum atomic E-state index is 5.79. The molecule has 0 spiro atoms. The minimum Gasteiger partial charge on any atom is -0.399 e. The quantitative estimate of drug-likeness (QED) is 0.631. The molecule has 1 aromatic rings. The second kappa shape index (κ2) is 5.25. The molecule has 1 heterocycles. The normalized spacial score (nSPS) is 21.9. The van der Waals surface area contributed by atoms with Crippen LogP contribution in [0.2, 0.25) is 0 Å². The van der Waals surface area contributed by atoms with Crippen molar-refractivity contribution in [3.05, 3.63) is 21.8 Å². The van der Waals surface area contributed by atoms with Crippen molar-refractivity contribution in [1.82, 2.24) is 0 Å². The van der Waals surface area contributed by atoms with Crippen molar-refractivity contribution in [3.8, 4) is 0 Å². The summed E-state index contributed by atoms with van der Waals surface area (Å²) < 4.78 is 1.27. The smallest absolute Gasteiger partial charge is 0.0503 e. The first-order valence-electron chi connectivity index (χ1n) is 5.97. The van der Waals surface area contributed by atoms with Gasteiger partial charge in [0.05, 0.1) is 5.69 Å². The van der Waals surface area contributed by atoms with Crippen LogP contribution in [0, 0.1) is 9.49 Å². The summed E-state index contributed by atoms with van der Waals surface area (Å²) in [6.45, 7) is 4.72. The van der Waals surface area contributed by atoms with Gasteiger partial charge in [-0.2, -0.15) is 0 Å². The molecule has 2 rings (SSSR count). The van der Waals surface area contributed by atoms with Crippen LogP contribution in [0.4, 0.5) is 11.4 Å². The van der Waals surface area contributed by atoms with E-state index in [1.807, 2.05) is 6.07 Å². The summed E-state index contributed by atoms with van der Waals surface area (Å²) >= 11 is 2.38. The van der Waals surface area contributed by atoms with Crippen LogP contribution in [0.5, 0.6) is 0 Å². The molecule has 1 saturated heterocycles. The maximum Gasteiger partial charge on any atom is 0.0503 e. The van der Waals surface area contributed by atoms with Gasteiger partial charge in [0.15, 0.2) is 0 Å². The van der Waals surface area contributed by atoms with Gasteiger partial charge >= 0.3 is 0 Å². The Morgan fingerprint density at radius 2 is 2.12 bits per heavy atom. The fourth-order valence-corrected chi connectivity index (χ4v) is 3.16. The summed E-state index contributed by atoms with van der Waals surface area (Å²) in [5.41, 5.74) is 8.00. The molecule has 0 aromatic heterocycles. The predicted octanol–water partition coefficient (Wildman–Crippen LogP) is 3.50. The van der Waals surface area contributed by atoms with E-state index in [0.717, 1.165) is 11.6 Å². The van der Waals surface area contributed by atoms with Crippen molar-refractivity contribution >= 4 is 34.0 Å². The predicted molar refractivity (Wildman–Crippen MR) is 78.8 cm³/mol. The Hall–Kier alpha value is -0.450. The number of nitrogens with two attached hydrogens (primary N) is 1. The average Bonchev–Trinajstić information content (AvgIpc) is 2.43. The van der Waals surface area contributed by atoms with E-state index in [4.69, 9.17) is 5.73 Å². The average molecular weight is 330 g/mol. The highest BCUT2D eigenvalue weighted by Gasteiger charge is 2.15. The van der Waals surface area contributed by atoms with Crippen molar-refractivity contribution in [2.45, 2.75) is 26.2 Å². The monoisotopic (exact) mass is 330 g/mol. The summed E-state index contributed by atoms with van der Waals surface area (Å²) in [7, 11) is 0. The number of nitrogen functional groups attached to an aromatic ring is 1. The molecule has 2 N–H and O–H groups in total. The van der Waals surface area contributed by atoms with Crippen molar-refractivity contribution < 1.29 is 0 Å². The summed E-state index contributed by atoms with van der Waals surface area (Å²) in [5.74, 6) is 0.872. The van der Waals surface area contributed by atoms with Gasteiger partial charge in [0.1, 0.15) is 0 Å². The minimum absolute atomic E-state index is 0.858. The summed E-state index contributed by atoms with van der Waals surface area (Å²) in [6.07, 6.45) is 3.98. The first-order chi connectivity index (χ1) is 7.66. The topological polar surface area (TPSA) is 29.3 Å². The fourth-order valence-electron chi connectivity index (χ4n) is 2.28. The zero-order chi connectivity index (χ0) is 11.5. The molecule has 1 atom stereocenters. The molecule has 16 heavy (non-hydrogen) atoms. The van der Waals surface area contributed by atoms with E-state index in [2.05, 4.69) is 46.5 Å². The van der Waals surface area contributed by atoms with Gasteiger partial charge in [0.25, 0.3) is 0 Å². The molecular weight excluding hydrogens is 311 g/mol. The lowest BCUT2D eigenvalue weighted by Crippen LogP contribution is -2.24. The lowest BCUT2D eigenvalue weighted by Gasteiger charge is -2.24. The Balaban J connectivity index is 2.16. The molecule has 0 aliphatic carbocycles. The lowest BCUT2D eigenvalue weighted by atomic mass is 10.0. The Kier molecular flexibility index (Phi) is 3.95.